The SMILES string of the molecule is CC(C)N1CCC[C@@H](n2nnc3c2C[C@H](C(=O)O)CC3)C1. The number of carbonyl (C=O) groups is 1. The smallest absolute Gasteiger partial charge is 0.306 e. The van der Waals surface area contributed by atoms with Gasteiger partial charge in [-0.3, -0.25) is 9.69 Å². The Hall–Kier alpha value is -1.43. The molecule has 2 atom stereocenters. The van der Waals surface area contributed by atoms with Gasteiger partial charge in [0.15, 0.2) is 0 Å². The van der Waals surface area contributed by atoms with Gasteiger partial charge >= 0.3 is 5.97 Å². The third kappa shape index (κ3) is 2.81. The van der Waals surface area contributed by atoms with Gasteiger partial charge in [0.1, 0.15) is 0 Å². The van der Waals surface area contributed by atoms with E-state index in [9.17, 15) is 9.90 Å². The van der Waals surface area contributed by atoms with Gasteiger partial charge in [0.2, 0.25) is 0 Å². The molecule has 116 valence electrons. The normalized spacial score (nSPS) is 26.8. The first-order valence-electron chi connectivity index (χ1n) is 7.96. The Bertz CT molecular complexity index is 526. The minimum Gasteiger partial charge on any atom is -0.481 e. The first-order valence-corrected chi connectivity index (χ1v) is 7.96. The number of hydrogen-bond acceptors (Lipinski definition) is 4. The molecule has 1 aromatic heterocycles. The third-order valence-electron chi connectivity index (χ3n) is 4.89. The first kappa shape index (κ1) is 14.5. The second kappa shape index (κ2) is 5.75. The zero-order valence-electron chi connectivity index (χ0n) is 12.8. The number of piperidine rings is 1. The van der Waals surface area contributed by atoms with Crippen LogP contribution in [-0.2, 0) is 17.6 Å². The Morgan fingerprint density at radius 1 is 1.38 bits per heavy atom. The lowest BCUT2D eigenvalue weighted by Crippen LogP contribution is -2.41. The summed E-state index contributed by atoms with van der Waals surface area (Å²) < 4.78 is 2.03. The van der Waals surface area contributed by atoms with E-state index in [-0.39, 0.29) is 5.92 Å². The highest BCUT2D eigenvalue weighted by Gasteiger charge is 2.32. The number of rotatable bonds is 3. The van der Waals surface area contributed by atoms with Crippen LogP contribution in [0.25, 0.3) is 0 Å². The van der Waals surface area contributed by atoms with Crippen LogP contribution in [0.1, 0.15) is 50.5 Å². The summed E-state index contributed by atoms with van der Waals surface area (Å²) in [6.07, 6.45) is 4.28. The molecule has 1 fully saturated rings. The van der Waals surface area contributed by atoms with Crippen molar-refractivity contribution in [1.29, 1.82) is 0 Å². The van der Waals surface area contributed by atoms with Crippen molar-refractivity contribution in [1.82, 2.24) is 19.9 Å². The van der Waals surface area contributed by atoms with Crippen LogP contribution < -0.4 is 0 Å². The van der Waals surface area contributed by atoms with Crippen molar-refractivity contribution in [2.75, 3.05) is 13.1 Å². The second-order valence-electron chi connectivity index (χ2n) is 6.59. The standard InChI is InChI=1S/C15H24N4O2/c1-10(2)18-7-3-4-12(9-18)19-14-8-11(15(20)21)5-6-13(14)16-17-19/h10-12H,3-9H2,1-2H3,(H,20,21)/t11-,12-/m1/s1. The van der Waals surface area contributed by atoms with Crippen molar-refractivity contribution in [2.24, 2.45) is 5.92 Å². The summed E-state index contributed by atoms with van der Waals surface area (Å²) >= 11 is 0. The second-order valence-corrected chi connectivity index (χ2v) is 6.59. The van der Waals surface area contributed by atoms with Gasteiger partial charge < -0.3 is 5.11 Å². The van der Waals surface area contributed by atoms with Crippen LogP contribution in [0.4, 0.5) is 0 Å². The van der Waals surface area contributed by atoms with Gasteiger partial charge in [-0.25, -0.2) is 4.68 Å². The van der Waals surface area contributed by atoms with E-state index >= 15 is 0 Å². The third-order valence-corrected chi connectivity index (χ3v) is 4.89. The molecule has 6 nitrogen and oxygen atoms in total. The van der Waals surface area contributed by atoms with Crippen LogP contribution >= 0.6 is 0 Å². The zero-order chi connectivity index (χ0) is 15.0. The fourth-order valence-electron chi connectivity index (χ4n) is 3.55. The average molecular weight is 292 g/mol. The van der Waals surface area contributed by atoms with Crippen LogP contribution in [-0.4, -0.2) is 50.1 Å². The molecule has 1 aliphatic heterocycles. The van der Waals surface area contributed by atoms with Crippen LogP contribution in [0, 0.1) is 5.92 Å². The Morgan fingerprint density at radius 3 is 2.90 bits per heavy atom. The topological polar surface area (TPSA) is 71.2 Å². The molecule has 3 rings (SSSR count). The summed E-state index contributed by atoms with van der Waals surface area (Å²) in [7, 11) is 0. The van der Waals surface area contributed by atoms with Crippen molar-refractivity contribution in [3.63, 3.8) is 0 Å². The van der Waals surface area contributed by atoms with Gasteiger partial charge in [0.25, 0.3) is 0 Å². The molecule has 1 aliphatic carbocycles. The summed E-state index contributed by atoms with van der Waals surface area (Å²) in [5, 5.41) is 17.9. The first-order chi connectivity index (χ1) is 10.1. The van der Waals surface area contributed by atoms with Gasteiger partial charge in [-0.1, -0.05) is 5.21 Å². The summed E-state index contributed by atoms with van der Waals surface area (Å²) in [5.41, 5.74) is 2.07. The maximum atomic E-state index is 11.3. The molecule has 0 amide bonds. The number of aryl methyl sites for hydroxylation is 1. The maximum absolute atomic E-state index is 11.3. The van der Waals surface area contributed by atoms with Gasteiger partial charge in [-0.05, 0) is 46.1 Å². The van der Waals surface area contributed by atoms with Gasteiger partial charge in [0.05, 0.1) is 23.3 Å². The number of fused-ring (bicyclic) bond motifs is 1. The van der Waals surface area contributed by atoms with E-state index in [1.54, 1.807) is 0 Å². The van der Waals surface area contributed by atoms with E-state index in [0.717, 1.165) is 37.3 Å². The molecule has 6 heteroatoms. The Kier molecular flexibility index (Phi) is 3.97. The lowest BCUT2D eigenvalue weighted by Gasteiger charge is -2.36. The molecule has 0 unspecified atom stereocenters. The minimum atomic E-state index is -0.694. The Labute approximate surface area is 125 Å². The van der Waals surface area contributed by atoms with E-state index in [1.807, 2.05) is 4.68 Å². The summed E-state index contributed by atoms with van der Waals surface area (Å²) in [6, 6.07) is 0.879. The largest absolute Gasteiger partial charge is 0.481 e. The molecular weight excluding hydrogens is 268 g/mol. The molecule has 0 bridgehead atoms. The van der Waals surface area contributed by atoms with Crippen molar-refractivity contribution < 1.29 is 9.90 Å². The quantitative estimate of drug-likeness (QED) is 0.914. The highest BCUT2D eigenvalue weighted by Crippen LogP contribution is 2.29. The number of likely N-dealkylation sites (tertiary alicyclic amines) is 1. The van der Waals surface area contributed by atoms with E-state index in [4.69, 9.17) is 0 Å². The fraction of sp³-hybridized carbons (Fsp3) is 0.800. The highest BCUT2D eigenvalue weighted by atomic mass is 16.4. The van der Waals surface area contributed by atoms with Crippen LogP contribution in [0.5, 0.6) is 0 Å². The lowest BCUT2D eigenvalue weighted by molar-refractivity contribution is -0.142. The lowest BCUT2D eigenvalue weighted by atomic mass is 9.89. The van der Waals surface area contributed by atoms with E-state index in [1.165, 1.54) is 6.42 Å². The van der Waals surface area contributed by atoms with Gasteiger partial charge in [-0.2, -0.15) is 0 Å². The maximum Gasteiger partial charge on any atom is 0.306 e. The van der Waals surface area contributed by atoms with Crippen molar-refractivity contribution in [3.05, 3.63) is 11.4 Å². The Balaban J connectivity index is 1.81. The fourth-order valence-corrected chi connectivity index (χ4v) is 3.55. The molecule has 2 aliphatic rings. The van der Waals surface area contributed by atoms with Gasteiger partial charge in [0, 0.05) is 19.0 Å². The molecule has 0 saturated carbocycles. The molecular formula is C15H24N4O2. The van der Waals surface area contributed by atoms with Crippen molar-refractivity contribution in [3.8, 4) is 0 Å². The monoisotopic (exact) mass is 292 g/mol. The number of aliphatic carboxylic acids is 1. The molecule has 0 spiro atoms. The van der Waals surface area contributed by atoms with Crippen LogP contribution in [0.15, 0.2) is 0 Å². The molecule has 1 N–H and O–H groups in total. The van der Waals surface area contributed by atoms with Gasteiger partial charge in [-0.15, -0.1) is 5.10 Å². The summed E-state index contributed by atoms with van der Waals surface area (Å²) in [4.78, 5) is 13.7. The highest BCUT2D eigenvalue weighted by molar-refractivity contribution is 5.70. The number of hydrogen-bond donors (Lipinski definition) is 1. The van der Waals surface area contributed by atoms with E-state index in [2.05, 4.69) is 29.1 Å². The van der Waals surface area contributed by atoms with E-state index < -0.39 is 5.97 Å². The van der Waals surface area contributed by atoms with E-state index in [0.29, 0.717) is 24.9 Å². The average Bonchev–Trinajstić information content (AvgIpc) is 2.90. The number of aromatic nitrogens is 3. The molecule has 0 aromatic carbocycles. The number of carboxylic acid groups (broad SMARTS) is 1. The zero-order valence-corrected chi connectivity index (χ0v) is 12.8. The molecule has 21 heavy (non-hydrogen) atoms. The van der Waals surface area contributed by atoms with Crippen molar-refractivity contribution in [2.45, 2.75) is 58.0 Å². The van der Waals surface area contributed by atoms with Crippen LogP contribution in [0.3, 0.4) is 0 Å². The molecule has 1 aromatic rings. The number of nitrogens with zero attached hydrogens (tertiary/aromatic N) is 4. The summed E-state index contributed by atoms with van der Waals surface area (Å²) in [6.45, 7) is 6.58. The van der Waals surface area contributed by atoms with Crippen LogP contribution in [0.2, 0.25) is 0 Å². The predicted molar refractivity (Wildman–Crippen MR) is 78.2 cm³/mol. The molecule has 0 radical (unpaired) electrons. The molecule has 1 saturated heterocycles. The Morgan fingerprint density at radius 2 is 2.19 bits per heavy atom. The minimum absolute atomic E-state index is 0.278. The predicted octanol–water partition coefficient (Wildman–Crippen LogP) is 1.51. The van der Waals surface area contributed by atoms with Crippen molar-refractivity contribution >= 4 is 5.97 Å². The number of carboxylic acids is 1. The summed E-state index contributed by atoms with van der Waals surface area (Å²) in [5.74, 6) is -0.972. The molecule has 2 heterocycles.